The van der Waals surface area contributed by atoms with Gasteiger partial charge in [0.15, 0.2) is 0 Å². The summed E-state index contributed by atoms with van der Waals surface area (Å²) in [6, 6.07) is 2.06. The smallest absolute Gasteiger partial charge is 0.241 e. The Kier molecular flexibility index (Phi) is 3.88. The van der Waals surface area contributed by atoms with Crippen molar-refractivity contribution in [3.8, 4) is 0 Å². The summed E-state index contributed by atoms with van der Waals surface area (Å²) in [6.45, 7) is 1.30. The van der Waals surface area contributed by atoms with Gasteiger partial charge in [0, 0.05) is 11.1 Å². The normalized spacial score (nSPS) is 18.1. The van der Waals surface area contributed by atoms with E-state index in [9.17, 15) is 12.8 Å². The fourth-order valence-electron chi connectivity index (χ4n) is 2.08. The molecule has 0 saturated heterocycles. The maximum absolute atomic E-state index is 13.6. The molecule has 0 radical (unpaired) electrons. The number of benzene rings is 1. The van der Waals surface area contributed by atoms with Crippen molar-refractivity contribution in [3.05, 3.63) is 28.5 Å². The predicted octanol–water partition coefficient (Wildman–Crippen LogP) is 2.19. The van der Waals surface area contributed by atoms with Gasteiger partial charge < -0.3 is 5.11 Å². The van der Waals surface area contributed by atoms with Gasteiger partial charge in [0.1, 0.15) is 5.82 Å². The average molecular weight is 308 g/mol. The Morgan fingerprint density at radius 2 is 2.11 bits per heavy atom. The molecule has 1 aromatic carbocycles. The summed E-state index contributed by atoms with van der Waals surface area (Å²) < 4.78 is 40.5. The van der Waals surface area contributed by atoms with Crippen LogP contribution in [0.5, 0.6) is 0 Å². The number of nitrogens with one attached hydrogen (secondary N) is 1. The Balaban J connectivity index is 2.37. The third-order valence-corrected chi connectivity index (χ3v) is 5.44. The zero-order valence-corrected chi connectivity index (χ0v) is 12.0. The van der Waals surface area contributed by atoms with Crippen molar-refractivity contribution in [3.63, 3.8) is 0 Å². The molecule has 106 valence electrons. The van der Waals surface area contributed by atoms with Crippen LogP contribution in [-0.4, -0.2) is 19.1 Å². The van der Waals surface area contributed by atoms with E-state index in [0.717, 1.165) is 25.3 Å². The molecule has 7 heteroatoms. The second kappa shape index (κ2) is 5.01. The fourth-order valence-corrected chi connectivity index (χ4v) is 3.78. The van der Waals surface area contributed by atoms with E-state index in [1.54, 1.807) is 0 Å². The van der Waals surface area contributed by atoms with Gasteiger partial charge in [-0.2, -0.15) is 0 Å². The molecule has 0 spiro atoms. The summed E-state index contributed by atoms with van der Waals surface area (Å²) >= 11 is 5.64. The Morgan fingerprint density at radius 1 is 1.47 bits per heavy atom. The molecule has 1 saturated carbocycles. The van der Waals surface area contributed by atoms with E-state index in [1.165, 1.54) is 6.07 Å². The van der Waals surface area contributed by atoms with Crippen LogP contribution in [0, 0.1) is 5.82 Å². The van der Waals surface area contributed by atoms with Crippen LogP contribution in [0.3, 0.4) is 0 Å². The Labute approximate surface area is 116 Å². The molecule has 1 aliphatic carbocycles. The number of halogens is 2. The van der Waals surface area contributed by atoms with Crippen LogP contribution in [0.25, 0.3) is 0 Å². The summed E-state index contributed by atoms with van der Waals surface area (Å²) in [7, 11) is -3.81. The van der Waals surface area contributed by atoms with Gasteiger partial charge in [-0.05, 0) is 38.3 Å². The van der Waals surface area contributed by atoms with Crippen LogP contribution in [0.4, 0.5) is 4.39 Å². The van der Waals surface area contributed by atoms with E-state index in [-0.39, 0.29) is 15.5 Å². The van der Waals surface area contributed by atoms with Crippen LogP contribution in [0.15, 0.2) is 17.0 Å². The van der Waals surface area contributed by atoms with Gasteiger partial charge in [-0.1, -0.05) is 11.6 Å². The van der Waals surface area contributed by atoms with Crippen LogP contribution in [-0.2, 0) is 16.6 Å². The highest BCUT2D eigenvalue weighted by Crippen LogP contribution is 2.33. The van der Waals surface area contributed by atoms with E-state index in [4.69, 9.17) is 16.7 Å². The topological polar surface area (TPSA) is 66.4 Å². The minimum atomic E-state index is -3.81. The molecule has 2 rings (SSSR count). The van der Waals surface area contributed by atoms with Crippen LogP contribution in [0.1, 0.15) is 31.7 Å². The van der Waals surface area contributed by atoms with Gasteiger partial charge in [0.25, 0.3) is 0 Å². The third kappa shape index (κ3) is 2.91. The Hall–Kier alpha value is -0.690. The molecule has 1 aromatic rings. The second-order valence-electron chi connectivity index (χ2n) is 5.06. The van der Waals surface area contributed by atoms with Crippen molar-refractivity contribution in [2.75, 3.05) is 0 Å². The van der Waals surface area contributed by atoms with E-state index in [0.29, 0.717) is 0 Å². The molecule has 2 N–H and O–H groups in total. The lowest BCUT2D eigenvalue weighted by molar-refractivity contribution is 0.248. The number of aliphatic hydroxyl groups is 1. The number of hydrogen-bond acceptors (Lipinski definition) is 3. The minimum Gasteiger partial charge on any atom is -0.392 e. The fraction of sp³-hybridized carbons (Fsp3) is 0.500. The van der Waals surface area contributed by atoms with E-state index >= 15 is 0 Å². The summed E-state index contributed by atoms with van der Waals surface area (Å²) in [5, 5.41) is 8.80. The summed E-state index contributed by atoms with van der Waals surface area (Å²) in [4.78, 5) is -0.216. The largest absolute Gasteiger partial charge is 0.392 e. The lowest BCUT2D eigenvalue weighted by Crippen LogP contribution is -2.50. The van der Waals surface area contributed by atoms with E-state index < -0.39 is 28.0 Å². The molecule has 0 aliphatic heterocycles. The number of rotatable bonds is 4. The van der Waals surface area contributed by atoms with Crippen LogP contribution >= 0.6 is 11.6 Å². The molecule has 0 atom stereocenters. The van der Waals surface area contributed by atoms with Crippen molar-refractivity contribution in [1.29, 1.82) is 0 Å². The molecule has 19 heavy (non-hydrogen) atoms. The van der Waals surface area contributed by atoms with E-state index in [1.807, 2.05) is 6.92 Å². The first-order valence-electron chi connectivity index (χ1n) is 5.90. The zero-order valence-electron chi connectivity index (χ0n) is 10.4. The van der Waals surface area contributed by atoms with Gasteiger partial charge in [-0.3, -0.25) is 0 Å². The van der Waals surface area contributed by atoms with E-state index in [2.05, 4.69) is 4.72 Å². The SMILES string of the molecule is CC1(NS(=O)(=O)c2cc(F)c(Cl)c(CO)c2)CCC1. The summed E-state index contributed by atoms with van der Waals surface area (Å²) in [5.74, 6) is -0.854. The van der Waals surface area contributed by atoms with Gasteiger partial charge in [-0.15, -0.1) is 0 Å². The first kappa shape index (κ1) is 14.7. The molecule has 0 amide bonds. The monoisotopic (exact) mass is 307 g/mol. The van der Waals surface area contributed by atoms with Gasteiger partial charge >= 0.3 is 0 Å². The van der Waals surface area contributed by atoms with Crippen molar-refractivity contribution in [2.24, 2.45) is 0 Å². The summed E-state index contributed by atoms with van der Waals surface area (Å²) in [5.41, 5.74) is -0.408. The third-order valence-electron chi connectivity index (χ3n) is 3.40. The maximum atomic E-state index is 13.6. The predicted molar refractivity (Wildman–Crippen MR) is 69.9 cm³/mol. The highest BCUT2D eigenvalue weighted by atomic mass is 35.5. The van der Waals surface area contributed by atoms with Gasteiger partial charge in [-0.25, -0.2) is 17.5 Å². The molecule has 0 heterocycles. The van der Waals surface area contributed by atoms with Crippen molar-refractivity contribution in [2.45, 2.75) is 43.2 Å². The molecule has 4 nitrogen and oxygen atoms in total. The molecule has 1 aliphatic rings. The molecule has 0 bridgehead atoms. The summed E-state index contributed by atoms with van der Waals surface area (Å²) in [6.07, 6.45) is 2.49. The first-order valence-corrected chi connectivity index (χ1v) is 7.76. The molecular weight excluding hydrogens is 293 g/mol. The van der Waals surface area contributed by atoms with Crippen molar-refractivity contribution < 1.29 is 17.9 Å². The van der Waals surface area contributed by atoms with Crippen molar-refractivity contribution >= 4 is 21.6 Å². The molecule has 1 fully saturated rings. The molecule has 0 unspecified atom stereocenters. The second-order valence-corrected chi connectivity index (χ2v) is 7.12. The van der Waals surface area contributed by atoms with Crippen molar-refractivity contribution in [1.82, 2.24) is 4.72 Å². The lowest BCUT2D eigenvalue weighted by Gasteiger charge is -2.38. The molecule has 0 aromatic heterocycles. The number of sulfonamides is 1. The highest BCUT2D eigenvalue weighted by Gasteiger charge is 2.36. The van der Waals surface area contributed by atoms with Crippen LogP contribution < -0.4 is 4.72 Å². The number of aliphatic hydroxyl groups excluding tert-OH is 1. The van der Waals surface area contributed by atoms with Gasteiger partial charge in [0.05, 0.1) is 16.5 Å². The Morgan fingerprint density at radius 3 is 2.58 bits per heavy atom. The zero-order chi connectivity index (χ0) is 14.3. The van der Waals surface area contributed by atoms with Crippen LogP contribution in [0.2, 0.25) is 5.02 Å². The standard InChI is InChI=1S/C12H15ClFNO3S/c1-12(3-2-4-12)15-19(17,18)9-5-8(7-16)11(13)10(14)6-9/h5-6,15-16H,2-4,7H2,1H3. The number of hydrogen-bond donors (Lipinski definition) is 2. The first-order chi connectivity index (χ1) is 8.77. The quantitative estimate of drug-likeness (QED) is 0.896. The highest BCUT2D eigenvalue weighted by molar-refractivity contribution is 7.89. The lowest BCUT2D eigenvalue weighted by atomic mass is 9.80. The maximum Gasteiger partial charge on any atom is 0.241 e. The average Bonchev–Trinajstić information content (AvgIpc) is 2.29. The molecular formula is C12H15ClFNO3S. The minimum absolute atomic E-state index is 0.0563. The Bertz CT molecular complexity index is 599. The van der Waals surface area contributed by atoms with Gasteiger partial charge in [0.2, 0.25) is 10.0 Å².